The molecule has 2 rings (SSSR count). The fraction of sp³-hybridized carbons (Fsp3) is 0.600. The van der Waals surface area contributed by atoms with Crippen LogP contribution in [0.3, 0.4) is 0 Å². The Morgan fingerprint density at radius 1 is 1.06 bits per heavy atom. The molecule has 0 heterocycles. The Morgan fingerprint density at radius 3 is 2.06 bits per heavy atom. The number of nitrogens with one attached hydrogen (secondary N) is 1. The molecule has 0 bridgehead atoms. The van der Waals surface area contributed by atoms with Crippen LogP contribution in [-0.4, -0.2) is 26.3 Å². The van der Waals surface area contributed by atoms with E-state index >= 15 is 0 Å². The van der Waals surface area contributed by atoms with Crippen LogP contribution in [0.2, 0.25) is 0 Å². The average molecular weight is 249 g/mol. The molecule has 0 radical (unpaired) electrons. The van der Waals surface area contributed by atoms with E-state index in [1.54, 1.807) is 14.2 Å². The van der Waals surface area contributed by atoms with E-state index in [4.69, 9.17) is 9.47 Å². The number of rotatable bonds is 6. The molecule has 0 aromatic heterocycles. The normalized spacial score (nSPS) is 18.2. The molecular formula is C15H23NO2. The Morgan fingerprint density at radius 2 is 1.61 bits per heavy atom. The van der Waals surface area contributed by atoms with Crippen LogP contribution in [0.25, 0.3) is 0 Å². The van der Waals surface area contributed by atoms with Crippen LogP contribution in [0, 0.1) is 0 Å². The molecule has 0 spiro atoms. The topological polar surface area (TPSA) is 30.5 Å². The SMILES string of the molecule is COc1cc(OC)cc(C(C)C(C)NC2CC2)c1. The van der Waals surface area contributed by atoms with Crippen LogP contribution < -0.4 is 14.8 Å². The summed E-state index contributed by atoms with van der Waals surface area (Å²) < 4.78 is 10.6. The third kappa shape index (κ3) is 3.16. The van der Waals surface area contributed by atoms with Gasteiger partial charge in [0.2, 0.25) is 0 Å². The third-order valence-electron chi connectivity index (χ3n) is 3.73. The number of hydrogen-bond acceptors (Lipinski definition) is 3. The van der Waals surface area contributed by atoms with E-state index in [0.29, 0.717) is 12.0 Å². The highest BCUT2D eigenvalue weighted by atomic mass is 16.5. The molecule has 1 aliphatic rings. The van der Waals surface area contributed by atoms with Gasteiger partial charge in [0.1, 0.15) is 11.5 Å². The van der Waals surface area contributed by atoms with Crippen LogP contribution in [-0.2, 0) is 0 Å². The van der Waals surface area contributed by atoms with Crippen LogP contribution in [0.15, 0.2) is 18.2 Å². The molecule has 1 aromatic carbocycles. The summed E-state index contributed by atoms with van der Waals surface area (Å²) in [6, 6.07) is 7.30. The van der Waals surface area contributed by atoms with Gasteiger partial charge in [-0.3, -0.25) is 0 Å². The second-order valence-electron chi connectivity index (χ2n) is 5.16. The average Bonchev–Trinajstić information content (AvgIpc) is 3.20. The number of hydrogen-bond donors (Lipinski definition) is 1. The van der Waals surface area contributed by atoms with Gasteiger partial charge in [-0.2, -0.15) is 0 Å². The quantitative estimate of drug-likeness (QED) is 0.841. The maximum absolute atomic E-state index is 5.32. The van der Waals surface area contributed by atoms with Crippen LogP contribution in [0.4, 0.5) is 0 Å². The summed E-state index contributed by atoms with van der Waals surface area (Å²) in [6.07, 6.45) is 2.64. The van der Waals surface area contributed by atoms with E-state index < -0.39 is 0 Å². The van der Waals surface area contributed by atoms with Gasteiger partial charge in [-0.15, -0.1) is 0 Å². The zero-order valence-corrected chi connectivity index (χ0v) is 11.7. The van der Waals surface area contributed by atoms with E-state index in [9.17, 15) is 0 Å². The van der Waals surface area contributed by atoms with E-state index in [1.165, 1.54) is 18.4 Å². The lowest BCUT2D eigenvalue weighted by atomic mass is 9.94. The van der Waals surface area contributed by atoms with Gasteiger partial charge in [-0.1, -0.05) is 6.92 Å². The molecular weight excluding hydrogens is 226 g/mol. The summed E-state index contributed by atoms with van der Waals surface area (Å²) in [5.41, 5.74) is 1.26. The lowest BCUT2D eigenvalue weighted by Gasteiger charge is -2.22. The predicted octanol–water partition coefficient (Wildman–Crippen LogP) is 2.95. The minimum absolute atomic E-state index is 0.439. The first-order chi connectivity index (χ1) is 8.63. The molecule has 3 nitrogen and oxygen atoms in total. The Kier molecular flexibility index (Phi) is 4.12. The molecule has 2 unspecified atom stereocenters. The Labute approximate surface area is 109 Å². The first kappa shape index (κ1) is 13.2. The van der Waals surface area contributed by atoms with Crippen molar-refractivity contribution in [3.63, 3.8) is 0 Å². The number of benzene rings is 1. The molecule has 2 atom stereocenters. The van der Waals surface area contributed by atoms with Gasteiger partial charge in [0.15, 0.2) is 0 Å². The van der Waals surface area contributed by atoms with Gasteiger partial charge in [0, 0.05) is 18.2 Å². The van der Waals surface area contributed by atoms with Crippen LogP contribution in [0.1, 0.15) is 38.2 Å². The molecule has 100 valence electrons. The number of methoxy groups -OCH3 is 2. The van der Waals surface area contributed by atoms with Gasteiger partial charge < -0.3 is 14.8 Å². The lowest BCUT2D eigenvalue weighted by Crippen LogP contribution is -2.32. The predicted molar refractivity (Wildman–Crippen MR) is 73.6 cm³/mol. The molecule has 3 heteroatoms. The van der Waals surface area contributed by atoms with Crippen molar-refractivity contribution in [2.45, 2.75) is 44.7 Å². The van der Waals surface area contributed by atoms with Gasteiger partial charge in [0.05, 0.1) is 14.2 Å². The van der Waals surface area contributed by atoms with Crippen molar-refractivity contribution in [2.75, 3.05) is 14.2 Å². The Bertz CT molecular complexity index is 379. The zero-order valence-electron chi connectivity index (χ0n) is 11.7. The van der Waals surface area contributed by atoms with Crippen molar-refractivity contribution in [2.24, 2.45) is 0 Å². The molecule has 0 amide bonds. The van der Waals surface area contributed by atoms with Gasteiger partial charge in [-0.25, -0.2) is 0 Å². The van der Waals surface area contributed by atoms with Crippen molar-refractivity contribution < 1.29 is 9.47 Å². The monoisotopic (exact) mass is 249 g/mol. The van der Waals surface area contributed by atoms with E-state index in [-0.39, 0.29) is 0 Å². The van der Waals surface area contributed by atoms with E-state index in [0.717, 1.165) is 17.5 Å². The van der Waals surface area contributed by atoms with E-state index in [1.807, 2.05) is 6.07 Å². The maximum Gasteiger partial charge on any atom is 0.122 e. The summed E-state index contributed by atoms with van der Waals surface area (Å²) in [6.45, 7) is 4.49. The molecule has 1 aliphatic carbocycles. The molecule has 1 fully saturated rings. The zero-order chi connectivity index (χ0) is 13.1. The minimum atomic E-state index is 0.439. The van der Waals surface area contributed by atoms with Crippen molar-refractivity contribution >= 4 is 0 Å². The molecule has 0 aliphatic heterocycles. The van der Waals surface area contributed by atoms with Crippen LogP contribution >= 0.6 is 0 Å². The van der Waals surface area contributed by atoms with E-state index in [2.05, 4.69) is 31.3 Å². The van der Waals surface area contributed by atoms with Gasteiger partial charge in [-0.05, 0) is 43.4 Å². The molecule has 1 aromatic rings. The molecule has 1 N–H and O–H groups in total. The largest absolute Gasteiger partial charge is 0.497 e. The molecule has 18 heavy (non-hydrogen) atoms. The summed E-state index contributed by atoms with van der Waals surface area (Å²) in [7, 11) is 3.38. The highest BCUT2D eigenvalue weighted by Gasteiger charge is 2.25. The molecule has 0 saturated heterocycles. The summed E-state index contributed by atoms with van der Waals surface area (Å²) in [4.78, 5) is 0. The smallest absolute Gasteiger partial charge is 0.122 e. The first-order valence-corrected chi connectivity index (χ1v) is 6.63. The highest BCUT2D eigenvalue weighted by molar-refractivity contribution is 5.40. The fourth-order valence-corrected chi connectivity index (χ4v) is 2.15. The van der Waals surface area contributed by atoms with Crippen molar-refractivity contribution in [1.29, 1.82) is 0 Å². The third-order valence-corrected chi connectivity index (χ3v) is 3.73. The summed E-state index contributed by atoms with van der Waals surface area (Å²) >= 11 is 0. The van der Waals surface area contributed by atoms with Crippen molar-refractivity contribution in [3.05, 3.63) is 23.8 Å². The Hall–Kier alpha value is -1.22. The van der Waals surface area contributed by atoms with Gasteiger partial charge >= 0.3 is 0 Å². The first-order valence-electron chi connectivity index (χ1n) is 6.63. The fourth-order valence-electron chi connectivity index (χ4n) is 2.15. The summed E-state index contributed by atoms with van der Waals surface area (Å²) in [5.74, 6) is 2.15. The standard InChI is InChI=1S/C15H23NO2/c1-10(11(2)16-13-5-6-13)12-7-14(17-3)9-15(8-12)18-4/h7-11,13,16H,5-6H2,1-4H3. The minimum Gasteiger partial charge on any atom is -0.497 e. The molecule has 1 saturated carbocycles. The highest BCUT2D eigenvalue weighted by Crippen LogP contribution is 2.30. The Balaban J connectivity index is 2.13. The number of ether oxygens (including phenoxy) is 2. The maximum atomic E-state index is 5.32. The second-order valence-corrected chi connectivity index (χ2v) is 5.16. The van der Waals surface area contributed by atoms with Gasteiger partial charge in [0.25, 0.3) is 0 Å². The summed E-state index contributed by atoms with van der Waals surface area (Å²) in [5, 5.41) is 3.65. The second kappa shape index (κ2) is 5.61. The van der Waals surface area contributed by atoms with Crippen molar-refractivity contribution in [3.8, 4) is 11.5 Å². The van der Waals surface area contributed by atoms with Crippen molar-refractivity contribution in [1.82, 2.24) is 5.32 Å². The van der Waals surface area contributed by atoms with Crippen LogP contribution in [0.5, 0.6) is 11.5 Å². The lowest BCUT2D eigenvalue weighted by molar-refractivity contribution is 0.391.